The quantitative estimate of drug-likeness (QED) is 0.357. The summed E-state index contributed by atoms with van der Waals surface area (Å²) in [4.78, 5) is 15.2. The Morgan fingerprint density at radius 2 is 1.90 bits per heavy atom. The molecule has 0 radical (unpaired) electrons. The van der Waals surface area contributed by atoms with Crippen molar-refractivity contribution in [2.24, 2.45) is 0 Å². The smallest absolute Gasteiger partial charge is 0.344 e. The summed E-state index contributed by atoms with van der Waals surface area (Å²) in [6, 6.07) is 0. The molecule has 0 aliphatic heterocycles. The monoisotopic (exact) mass is 307 g/mol. The number of rotatable bonds is 6. The van der Waals surface area contributed by atoms with Crippen LogP contribution in [0.3, 0.4) is 0 Å². The van der Waals surface area contributed by atoms with Crippen molar-refractivity contribution in [3.8, 4) is 0 Å². The fourth-order valence-corrected chi connectivity index (χ4v) is 2.84. The Kier molecular flexibility index (Phi) is 5.19. The van der Waals surface area contributed by atoms with E-state index >= 15 is 0 Å². The highest BCUT2D eigenvalue weighted by Crippen LogP contribution is 2.35. The average Bonchev–Trinajstić information content (AvgIpc) is 2.74. The van der Waals surface area contributed by atoms with E-state index < -0.39 is 36.5 Å². The number of carboxylic acid groups (broad SMARTS) is 1. The number of aliphatic hydroxyl groups excluding tert-OH is 4. The molecule has 0 amide bonds. The van der Waals surface area contributed by atoms with Gasteiger partial charge in [0.05, 0.1) is 22.2 Å². The SMILES string of the molecule is Cc1nc(C)c([C@](O)(C(=O)O)[C@@H](O)[C@H](O)[C@H](O)CO)s1. The van der Waals surface area contributed by atoms with E-state index in [2.05, 4.69) is 4.98 Å². The van der Waals surface area contributed by atoms with E-state index in [4.69, 9.17) is 5.11 Å². The minimum atomic E-state index is -2.83. The lowest BCUT2D eigenvalue weighted by Crippen LogP contribution is -2.55. The summed E-state index contributed by atoms with van der Waals surface area (Å²) < 4.78 is 0. The van der Waals surface area contributed by atoms with Crippen LogP contribution < -0.4 is 0 Å². The van der Waals surface area contributed by atoms with Gasteiger partial charge in [0.25, 0.3) is 0 Å². The maximum Gasteiger partial charge on any atom is 0.344 e. The van der Waals surface area contributed by atoms with Gasteiger partial charge in [-0.15, -0.1) is 11.3 Å². The van der Waals surface area contributed by atoms with Gasteiger partial charge >= 0.3 is 5.97 Å². The largest absolute Gasteiger partial charge is 0.479 e. The second kappa shape index (κ2) is 6.12. The Hall–Kier alpha value is -1.10. The Labute approximate surface area is 118 Å². The van der Waals surface area contributed by atoms with Gasteiger partial charge in [0.15, 0.2) is 0 Å². The lowest BCUT2D eigenvalue weighted by molar-refractivity contribution is -0.193. The predicted molar refractivity (Wildman–Crippen MR) is 68.2 cm³/mol. The van der Waals surface area contributed by atoms with Gasteiger partial charge in [-0.2, -0.15) is 0 Å². The van der Waals surface area contributed by atoms with Crippen LogP contribution in [0, 0.1) is 13.8 Å². The molecule has 1 rings (SSSR count). The highest BCUT2D eigenvalue weighted by molar-refractivity contribution is 7.12. The molecule has 9 heteroatoms. The van der Waals surface area contributed by atoms with Crippen molar-refractivity contribution >= 4 is 17.3 Å². The van der Waals surface area contributed by atoms with Gasteiger partial charge in [-0.05, 0) is 13.8 Å². The average molecular weight is 307 g/mol. The van der Waals surface area contributed by atoms with Crippen molar-refractivity contribution in [1.29, 1.82) is 0 Å². The van der Waals surface area contributed by atoms with E-state index in [1.54, 1.807) is 6.92 Å². The molecule has 1 aromatic heterocycles. The van der Waals surface area contributed by atoms with Crippen LogP contribution in [0.5, 0.6) is 0 Å². The van der Waals surface area contributed by atoms with Crippen molar-refractivity contribution in [2.45, 2.75) is 37.8 Å². The van der Waals surface area contributed by atoms with Gasteiger partial charge in [-0.25, -0.2) is 9.78 Å². The number of hydrogen-bond donors (Lipinski definition) is 6. The van der Waals surface area contributed by atoms with E-state index in [0.717, 1.165) is 11.3 Å². The van der Waals surface area contributed by atoms with E-state index in [0.29, 0.717) is 5.01 Å². The molecule has 114 valence electrons. The summed E-state index contributed by atoms with van der Waals surface area (Å²) in [5, 5.41) is 57.6. The molecule has 0 aliphatic rings. The number of aromatic nitrogens is 1. The second-order valence-electron chi connectivity index (χ2n) is 4.40. The van der Waals surface area contributed by atoms with Crippen molar-refractivity contribution in [3.05, 3.63) is 15.6 Å². The highest BCUT2D eigenvalue weighted by Gasteiger charge is 2.52. The van der Waals surface area contributed by atoms with Gasteiger partial charge in [0.2, 0.25) is 5.60 Å². The van der Waals surface area contributed by atoms with Crippen LogP contribution in [0.2, 0.25) is 0 Å². The lowest BCUT2D eigenvalue weighted by atomic mass is 9.88. The molecule has 0 bridgehead atoms. The summed E-state index contributed by atoms with van der Waals surface area (Å²) in [6.45, 7) is 2.15. The third-order valence-corrected chi connectivity index (χ3v) is 4.11. The third-order valence-electron chi connectivity index (χ3n) is 2.91. The Morgan fingerprint density at radius 3 is 2.25 bits per heavy atom. The molecule has 0 saturated carbocycles. The van der Waals surface area contributed by atoms with Gasteiger partial charge in [-0.3, -0.25) is 0 Å². The van der Waals surface area contributed by atoms with Crippen LogP contribution in [0.25, 0.3) is 0 Å². The molecular formula is C11H17NO7S. The Bertz CT molecular complexity index is 491. The van der Waals surface area contributed by atoms with Crippen molar-refractivity contribution in [3.63, 3.8) is 0 Å². The van der Waals surface area contributed by atoms with E-state index in [9.17, 15) is 30.3 Å². The number of carboxylic acids is 1. The standard InChI is InChI=1S/C11H17NO7S/c1-4-9(20-5(2)12-4)11(19,10(17)18)8(16)7(15)6(14)3-13/h6-8,13-16,19H,3H2,1-2H3,(H,17,18)/t6-,7-,8+,11+/m1/s1. The summed E-state index contributed by atoms with van der Waals surface area (Å²) in [7, 11) is 0. The number of carbonyl (C=O) groups is 1. The number of nitrogens with zero attached hydrogens (tertiary/aromatic N) is 1. The Morgan fingerprint density at radius 1 is 1.35 bits per heavy atom. The molecule has 4 atom stereocenters. The van der Waals surface area contributed by atoms with Crippen molar-refractivity contribution in [2.75, 3.05) is 6.61 Å². The molecular weight excluding hydrogens is 290 g/mol. The number of thiazole rings is 1. The number of aliphatic carboxylic acids is 1. The summed E-state index contributed by atoms with van der Waals surface area (Å²) >= 11 is 0.857. The normalized spacial score (nSPS) is 19.1. The minimum Gasteiger partial charge on any atom is -0.479 e. The van der Waals surface area contributed by atoms with Crippen LogP contribution in [0.1, 0.15) is 15.6 Å². The molecule has 8 nitrogen and oxygen atoms in total. The van der Waals surface area contributed by atoms with Crippen LogP contribution in [0.4, 0.5) is 0 Å². The zero-order valence-electron chi connectivity index (χ0n) is 10.9. The fraction of sp³-hybridized carbons (Fsp3) is 0.636. The molecule has 0 aromatic carbocycles. The predicted octanol–water partition coefficient (Wildman–Crippen LogP) is -1.89. The molecule has 1 aromatic rings. The summed E-state index contributed by atoms with van der Waals surface area (Å²) in [5.41, 5.74) is -2.63. The van der Waals surface area contributed by atoms with Gasteiger partial charge in [0, 0.05) is 0 Å². The summed E-state index contributed by atoms with van der Waals surface area (Å²) in [5.74, 6) is -1.79. The van der Waals surface area contributed by atoms with Crippen LogP contribution in [-0.2, 0) is 10.4 Å². The van der Waals surface area contributed by atoms with E-state index in [1.165, 1.54) is 6.92 Å². The first-order valence-corrected chi connectivity index (χ1v) is 6.53. The second-order valence-corrected chi connectivity index (χ2v) is 5.61. The molecule has 0 aliphatic carbocycles. The van der Waals surface area contributed by atoms with Gasteiger partial charge in [0.1, 0.15) is 18.3 Å². The number of aryl methyl sites for hydroxylation is 2. The van der Waals surface area contributed by atoms with E-state index in [-0.39, 0.29) is 10.6 Å². The molecule has 6 N–H and O–H groups in total. The topological polar surface area (TPSA) is 151 Å². The first kappa shape index (κ1) is 17.0. The third kappa shape index (κ3) is 2.82. The Balaban J connectivity index is 3.29. The summed E-state index contributed by atoms with van der Waals surface area (Å²) in [6.07, 6.45) is -6.06. The van der Waals surface area contributed by atoms with Crippen molar-refractivity contribution in [1.82, 2.24) is 4.98 Å². The first-order valence-electron chi connectivity index (χ1n) is 5.71. The van der Waals surface area contributed by atoms with Crippen LogP contribution >= 0.6 is 11.3 Å². The maximum atomic E-state index is 11.4. The molecule has 20 heavy (non-hydrogen) atoms. The molecule has 0 spiro atoms. The zero-order valence-corrected chi connectivity index (χ0v) is 11.7. The van der Waals surface area contributed by atoms with Gasteiger partial charge < -0.3 is 30.6 Å². The zero-order chi connectivity index (χ0) is 15.7. The first-order chi connectivity index (χ1) is 9.16. The molecule has 0 unspecified atom stereocenters. The molecule has 1 heterocycles. The maximum absolute atomic E-state index is 11.4. The fourth-order valence-electron chi connectivity index (χ4n) is 1.81. The minimum absolute atomic E-state index is 0.140. The van der Waals surface area contributed by atoms with Crippen LogP contribution in [-0.4, -0.2) is 66.5 Å². The van der Waals surface area contributed by atoms with Gasteiger partial charge in [-0.1, -0.05) is 0 Å². The van der Waals surface area contributed by atoms with Crippen LogP contribution in [0.15, 0.2) is 0 Å². The lowest BCUT2D eigenvalue weighted by Gasteiger charge is -2.32. The number of hydrogen-bond acceptors (Lipinski definition) is 8. The van der Waals surface area contributed by atoms with E-state index in [1.807, 2.05) is 0 Å². The number of aliphatic hydroxyl groups is 5. The van der Waals surface area contributed by atoms with Crippen molar-refractivity contribution < 1.29 is 35.4 Å². The highest BCUT2D eigenvalue weighted by atomic mass is 32.1. The molecule has 0 fully saturated rings. The molecule has 0 saturated heterocycles.